The van der Waals surface area contributed by atoms with Crippen molar-refractivity contribution in [3.8, 4) is 0 Å². The Morgan fingerprint density at radius 3 is 2.83 bits per heavy atom. The molecule has 4 heteroatoms. The average Bonchev–Trinajstić information content (AvgIpc) is 2.89. The van der Waals surface area contributed by atoms with Crippen molar-refractivity contribution in [1.82, 2.24) is 0 Å². The maximum absolute atomic E-state index is 13.1. The Balaban J connectivity index is 2.29. The second-order valence-corrected chi connectivity index (χ2v) is 4.95. The molecule has 1 heterocycles. The SMILES string of the molecule is CCN(Cc1cccs1)c1ccc(F)cc1C=O. The highest BCUT2D eigenvalue weighted by molar-refractivity contribution is 7.09. The van der Waals surface area contributed by atoms with Crippen molar-refractivity contribution in [3.63, 3.8) is 0 Å². The van der Waals surface area contributed by atoms with Gasteiger partial charge >= 0.3 is 0 Å². The molecule has 2 rings (SSSR count). The Kier molecular flexibility index (Phi) is 4.10. The van der Waals surface area contributed by atoms with Crippen LogP contribution in [-0.4, -0.2) is 12.8 Å². The number of hydrogen-bond donors (Lipinski definition) is 0. The molecule has 2 aromatic rings. The van der Waals surface area contributed by atoms with Gasteiger partial charge in [-0.2, -0.15) is 0 Å². The maximum Gasteiger partial charge on any atom is 0.152 e. The minimum Gasteiger partial charge on any atom is -0.366 e. The van der Waals surface area contributed by atoms with Crippen LogP contribution in [0.4, 0.5) is 10.1 Å². The molecular formula is C14H14FNOS. The summed E-state index contributed by atoms with van der Waals surface area (Å²) in [6, 6.07) is 8.38. The summed E-state index contributed by atoms with van der Waals surface area (Å²) >= 11 is 1.67. The van der Waals surface area contributed by atoms with E-state index in [1.54, 1.807) is 17.4 Å². The summed E-state index contributed by atoms with van der Waals surface area (Å²) in [5, 5.41) is 2.02. The van der Waals surface area contributed by atoms with Crippen LogP contribution in [-0.2, 0) is 6.54 Å². The van der Waals surface area contributed by atoms with Crippen molar-refractivity contribution in [2.75, 3.05) is 11.4 Å². The number of thiophene rings is 1. The Morgan fingerprint density at radius 1 is 1.39 bits per heavy atom. The van der Waals surface area contributed by atoms with Crippen LogP contribution >= 0.6 is 11.3 Å². The van der Waals surface area contributed by atoms with Crippen LogP contribution in [0.1, 0.15) is 22.2 Å². The molecule has 1 aromatic heterocycles. The molecule has 0 aliphatic heterocycles. The third-order valence-corrected chi connectivity index (χ3v) is 3.63. The smallest absolute Gasteiger partial charge is 0.152 e. The normalized spacial score (nSPS) is 10.3. The van der Waals surface area contributed by atoms with Crippen molar-refractivity contribution < 1.29 is 9.18 Å². The van der Waals surface area contributed by atoms with Crippen molar-refractivity contribution >= 4 is 23.3 Å². The third kappa shape index (κ3) is 2.76. The minimum absolute atomic E-state index is 0.381. The van der Waals surface area contributed by atoms with Crippen molar-refractivity contribution in [2.45, 2.75) is 13.5 Å². The van der Waals surface area contributed by atoms with E-state index in [2.05, 4.69) is 11.0 Å². The fourth-order valence-electron chi connectivity index (χ4n) is 1.87. The number of carbonyl (C=O) groups excluding carboxylic acids is 1. The molecule has 0 aliphatic carbocycles. The van der Waals surface area contributed by atoms with E-state index in [-0.39, 0.29) is 5.82 Å². The van der Waals surface area contributed by atoms with Gasteiger partial charge in [0.2, 0.25) is 0 Å². The van der Waals surface area contributed by atoms with E-state index in [0.29, 0.717) is 11.8 Å². The predicted octanol–water partition coefficient (Wildman–Crippen LogP) is 3.73. The van der Waals surface area contributed by atoms with Crippen LogP contribution in [0.15, 0.2) is 35.7 Å². The first-order valence-electron chi connectivity index (χ1n) is 5.76. The molecule has 0 atom stereocenters. The molecule has 0 saturated carbocycles. The standard InChI is InChI=1S/C14H14FNOS/c1-2-16(9-13-4-3-7-18-13)14-6-5-12(15)8-11(14)10-17/h3-8,10H,2,9H2,1H3. The molecule has 0 saturated heterocycles. The van der Waals surface area contributed by atoms with Gasteiger partial charge in [-0.05, 0) is 36.6 Å². The van der Waals surface area contributed by atoms with Gasteiger partial charge in [0.15, 0.2) is 6.29 Å². The molecule has 2 nitrogen and oxygen atoms in total. The van der Waals surface area contributed by atoms with E-state index < -0.39 is 0 Å². The Labute approximate surface area is 110 Å². The lowest BCUT2D eigenvalue weighted by Gasteiger charge is -2.23. The number of carbonyl (C=O) groups is 1. The lowest BCUT2D eigenvalue weighted by atomic mass is 10.1. The number of rotatable bonds is 5. The van der Waals surface area contributed by atoms with E-state index in [9.17, 15) is 9.18 Å². The summed E-state index contributed by atoms with van der Waals surface area (Å²) in [7, 11) is 0. The van der Waals surface area contributed by atoms with Gasteiger partial charge in [-0.15, -0.1) is 11.3 Å². The number of nitrogens with zero attached hydrogens (tertiary/aromatic N) is 1. The minimum atomic E-state index is -0.381. The van der Waals surface area contributed by atoms with Gasteiger partial charge in [0.05, 0.1) is 6.54 Å². The molecule has 0 aliphatic rings. The second kappa shape index (κ2) is 5.78. The molecule has 18 heavy (non-hydrogen) atoms. The van der Waals surface area contributed by atoms with E-state index >= 15 is 0 Å². The summed E-state index contributed by atoms with van der Waals surface area (Å²) in [6.45, 7) is 3.52. The van der Waals surface area contributed by atoms with E-state index in [1.807, 2.05) is 18.4 Å². The average molecular weight is 263 g/mol. The van der Waals surface area contributed by atoms with Gasteiger partial charge < -0.3 is 4.90 Å². The summed E-state index contributed by atoms with van der Waals surface area (Å²) in [5.41, 5.74) is 1.18. The lowest BCUT2D eigenvalue weighted by Crippen LogP contribution is -2.22. The topological polar surface area (TPSA) is 20.3 Å². The van der Waals surface area contributed by atoms with Crippen molar-refractivity contribution in [1.29, 1.82) is 0 Å². The number of anilines is 1. The van der Waals surface area contributed by atoms with Crippen molar-refractivity contribution in [3.05, 3.63) is 52.0 Å². The maximum atomic E-state index is 13.1. The largest absolute Gasteiger partial charge is 0.366 e. The zero-order valence-corrected chi connectivity index (χ0v) is 10.9. The fraction of sp³-hybridized carbons (Fsp3) is 0.214. The van der Waals surface area contributed by atoms with E-state index in [4.69, 9.17) is 0 Å². The molecule has 0 N–H and O–H groups in total. The van der Waals surface area contributed by atoms with Crippen LogP contribution in [0.2, 0.25) is 0 Å². The molecule has 0 spiro atoms. The van der Waals surface area contributed by atoms with Gasteiger partial charge in [-0.1, -0.05) is 6.07 Å². The second-order valence-electron chi connectivity index (χ2n) is 3.91. The lowest BCUT2D eigenvalue weighted by molar-refractivity contribution is 0.112. The van der Waals surface area contributed by atoms with Crippen LogP contribution < -0.4 is 4.90 Å². The molecule has 1 aromatic carbocycles. The number of hydrogen-bond acceptors (Lipinski definition) is 3. The van der Waals surface area contributed by atoms with Gasteiger partial charge in [0, 0.05) is 22.7 Å². The molecule has 94 valence electrons. The molecule has 0 amide bonds. The van der Waals surface area contributed by atoms with Gasteiger partial charge in [0.25, 0.3) is 0 Å². The zero-order valence-electron chi connectivity index (χ0n) is 10.1. The van der Waals surface area contributed by atoms with Crippen LogP contribution in [0.25, 0.3) is 0 Å². The quantitative estimate of drug-likeness (QED) is 0.766. The highest BCUT2D eigenvalue weighted by atomic mass is 32.1. The van der Waals surface area contributed by atoms with E-state index in [1.165, 1.54) is 17.0 Å². The highest BCUT2D eigenvalue weighted by Crippen LogP contribution is 2.23. The zero-order chi connectivity index (χ0) is 13.0. The van der Waals surface area contributed by atoms with Crippen molar-refractivity contribution in [2.24, 2.45) is 0 Å². The van der Waals surface area contributed by atoms with Crippen LogP contribution in [0.3, 0.4) is 0 Å². The summed E-state index contributed by atoms with van der Waals surface area (Å²) < 4.78 is 13.1. The summed E-state index contributed by atoms with van der Waals surface area (Å²) in [5.74, 6) is -0.381. The summed E-state index contributed by atoms with van der Waals surface area (Å²) in [6.07, 6.45) is 0.704. The molecule has 0 unspecified atom stereocenters. The Hall–Kier alpha value is -1.68. The van der Waals surface area contributed by atoms with Gasteiger partial charge in [-0.3, -0.25) is 4.79 Å². The third-order valence-electron chi connectivity index (χ3n) is 2.77. The summed E-state index contributed by atoms with van der Waals surface area (Å²) in [4.78, 5) is 14.3. The molecule has 0 bridgehead atoms. The fourth-order valence-corrected chi connectivity index (χ4v) is 2.59. The Bertz CT molecular complexity index is 525. The first kappa shape index (κ1) is 12.8. The van der Waals surface area contributed by atoms with Gasteiger partial charge in [-0.25, -0.2) is 4.39 Å². The van der Waals surface area contributed by atoms with E-state index in [0.717, 1.165) is 18.8 Å². The number of aldehydes is 1. The first-order valence-corrected chi connectivity index (χ1v) is 6.64. The predicted molar refractivity (Wildman–Crippen MR) is 72.8 cm³/mol. The number of halogens is 1. The Morgan fingerprint density at radius 2 is 2.22 bits per heavy atom. The molecular weight excluding hydrogens is 249 g/mol. The monoisotopic (exact) mass is 263 g/mol. The van der Waals surface area contributed by atoms with Crippen LogP contribution in [0, 0.1) is 5.82 Å². The number of benzene rings is 1. The van der Waals surface area contributed by atoms with Crippen LogP contribution in [0.5, 0.6) is 0 Å². The first-order chi connectivity index (χ1) is 8.74. The molecule has 0 fully saturated rings. The van der Waals surface area contributed by atoms with Gasteiger partial charge in [0.1, 0.15) is 5.82 Å². The highest BCUT2D eigenvalue weighted by Gasteiger charge is 2.11. The molecule has 0 radical (unpaired) electrons.